The summed E-state index contributed by atoms with van der Waals surface area (Å²) in [5.41, 5.74) is 11.3. The number of fused-ring (bicyclic) bond motifs is 5. The lowest BCUT2D eigenvalue weighted by atomic mass is 10.2. The van der Waals surface area contributed by atoms with Gasteiger partial charge in [-0.15, -0.1) is 0 Å². The van der Waals surface area contributed by atoms with Crippen molar-refractivity contribution in [2.45, 2.75) is 74.6 Å². The molecule has 20 rings (SSSR count). The number of hydrogen-bond donors (Lipinski definition) is 0. The number of aromatic nitrogens is 20. The molecule has 0 fully saturated rings. The van der Waals surface area contributed by atoms with Crippen molar-refractivity contribution >= 4 is 28.2 Å². The SMILES string of the molecule is Cc1ccc(-n2ccc3nc(COc4ccccc4)cn3c2=O)nc1.Cc1ccc(-n2ccc3nc(COc4ccccc4)cn3c2=O)nc1.Cc1ccc(-n2ccc3nc(COc4ccccc4)cn3c2=O)nc1C.Cc1cccc(-n2ccc3nc(COc4ccccc4)cn3c2=O)n1.Cc1ccnc(-n2ccc3nc(COc4ccccc4)cn3c2=O)c1. The van der Waals surface area contributed by atoms with Crippen LogP contribution in [0.4, 0.5) is 0 Å². The number of ether oxygens (including phenoxy) is 5. The fourth-order valence-electron chi connectivity index (χ4n) is 13.0. The monoisotopic (exact) mass is 1670 g/mol. The first-order valence-corrected chi connectivity index (χ1v) is 40.0. The summed E-state index contributed by atoms with van der Waals surface area (Å²) in [6.07, 6.45) is 22.1. The summed E-state index contributed by atoms with van der Waals surface area (Å²) in [6.45, 7) is 13.2. The lowest BCUT2D eigenvalue weighted by molar-refractivity contribution is 0.302. The standard InChI is InChI=1S/C20H18N4O2.4C19H16N4O2/c1-14-8-9-18(21-15(14)2)23-11-10-19-22-16(12-24(19)20(23)25)13-26-17-6-4-3-5-7-17;1-14-6-5-9-17(20-14)22-11-10-18-21-15(12-23(18)19(22)24)13-25-16-7-3-2-4-8-16;1-14-7-9-20-18(11-14)22-10-8-17-21-15(12-23(17)19(22)24)13-25-16-5-3-2-4-6-16;2*1-14-7-8-17(20-11-14)22-10-9-18-21-15(12-23(18)19(22)24)13-25-16-5-3-2-4-6-16/h3-12H,13H2,1-2H3;4*2-12H,13H2,1H3. The van der Waals surface area contributed by atoms with Crippen LogP contribution in [0.25, 0.3) is 57.3 Å². The highest BCUT2D eigenvalue weighted by molar-refractivity contribution is 5.46. The zero-order chi connectivity index (χ0) is 87.0. The molecule has 0 amide bonds. The van der Waals surface area contributed by atoms with Crippen molar-refractivity contribution in [1.29, 1.82) is 0 Å². The lowest BCUT2D eigenvalue weighted by Crippen LogP contribution is -2.25. The van der Waals surface area contributed by atoms with E-state index < -0.39 is 0 Å². The molecule has 0 spiro atoms. The third kappa shape index (κ3) is 19.8. The molecule has 30 heteroatoms. The van der Waals surface area contributed by atoms with E-state index in [0.29, 0.717) is 119 Å². The number of benzene rings is 5. The van der Waals surface area contributed by atoms with Gasteiger partial charge in [-0.05, 0) is 197 Å². The van der Waals surface area contributed by atoms with E-state index in [2.05, 4.69) is 49.8 Å². The number of rotatable bonds is 20. The van der Waals surface area contributed by atoms with Crippen molar-refractivity contribution < 1.29 is 23.7 Å². The fourth-order valence-corrected chi connectivity index (χ4v) is 13.0. The predicted octanol–water partition coefficient (Wildman–Crippen LogP) is 14.1. The van der Waals surface area contributed by atoms with Gasteiger partial charge in [0.25, 0.3) is 0 Å². The number of aryl methyl sites for hydroxylation is 6. The van der Waals surface area contributed by atoms with Gasteiger partial charge in [0.05, 0.1) is 28.5 Å². The summed E-state index contributed by atoms with van der Waals surface area (Å²) >= 11 is 0. The van der Waals surface area contributed by atoms with Crippen molar-refractivity contribution in [1.82, 2.24) is 94.7 Å². The molecule has 0 saturated heterocycles. The lowest BCUT2D eigenvalue weighted by Gasteiger charge is -2.07. The van der Waals surface area contributed by atoms with Gasteiger partial charge in [-0.25, -0.2) is 73.8 Å². The minimum atomic E-state index is -0.215. The molecule has 0 N–H and O–H groups in total. The molecule has 5 aromatic carbocycles. The summed E-state index contributed by atoms with van der Waals surface area (Å²) < 4.78 is 43.5. The highest BCUT2D eigenvalue weighted by Gasteiger charge is 2.17. The second kappa shape index (κ2) is 38.1. The van der Waals surface area contributed by atoms with Crippen LogP contribution in [0.2, 0.25) is 0 Å². The van der Waals surface area contributed by atoms with Gasteiger partial charge in [0, 0.05) is 91.9 Å². The molecule has 0 aliphatic rings. The zero-order valence-corrected chi connectivity index (χ0v) is 69.2. The second-order valence-corrected chi connectivity index (χ2v) is 28.9. The van der Waals surface area contributed by atoms with Crippen LogP contribution in [-0.2, 0) is 33.0 Å². The second-order valence-electron chi connectivity index (χ2n) is 28.9. The Kier molecular flexibility index (Phi) is 25.0. The van der Waals surface area contributed by atoms with Crippen molar-refractivity contribution in [2.24, 2.45) is 0 Å². The maximum absolute atomic E-state index is 12.8. The summed E-state index contributed by atoms with van der Waals surface area (Å²) in [6, 6.07) is 77.1. The van der Waals surface area contributed by atoms with Crippen molar-refractivity contribution in [2.75, 3.05) is 0 Å². The Labute approximate surface area is 719 Å². The van der Waals surface area contributed by atoms with E-state index in [1.807, 2.05) is 254 Å². The molecule has 15 aromatic heterocycles. The quantitative estimate of drug-likeness (QED) is 0.0684. The zero-order valence-electron chi connectivity index (χ0n) is 69.2. The van der Waals surface area contributed by atoms with E-state index in [0.717, 1.165) is 62.4 Å². The van der Waals surface area contributed by atoms with Crippen molar-refractivity contribution in [3.63, 3.8) is 0 Å². The van der Waals surface area contributed by atoms with E-state index in [9.17, 15) is 24.0 Å². The van der Waals surface area contributed by atoms with Crippen LogP contribution in [0.5, 0.6) is 28.7 Å². The molecule has 0 aliphatic carbocycles. The Balaban J connectivity index is 0.000000116. The van der Waals surface area contributed by atoms with Crippen molar-refractivity contribution in [3.05, 3.63) is 444 Å². The molecule has 15 heterocycles. The van der Waals surface area contributed by atoms with Gasteiger partial charge in [0.1, 0.15) is 119 Å². The average molecular weight is 1680 g/mol. The van der Waals surface area contributed by atoms with Gasteiger partial charge >= 0.3 is 28.4 Å². The van der Waals surface area contributed by atoms with Gasteiger partial charge in [0.15, 0.2) is 0 Å². The minimum absolute atomic E-state index is 0.211. The Bertz CT molecular complexity index is 7140. The number of hydrogen-bond acceptors (Lipinski definition) is 20. The van der Waals surface area contributed by atoms with E-state index >= 15 is 0 Å². The Morgan fingerprint density at radius 2 is 0.548 bits per heavy atom. The van der Waals surface area contributed by atoms with Crippen LogP contribution < -0.4 is 52.1 Å². The third-order valence-corrected chi connectivity index (χ3v) is 19.6. The van der Waals surface area contributed by atoms with Crippen LogP contribution in [0, 0.1) is 41.5 Å². The highest BCUT2D eigenvalue weighted by atomic mass is 16.5. The first kappa shape index (κ1) is 82.6. The van der Waals surface area contributed by atoms with Crippen LogP contribution in [-0.4, -0.2) is 94.7 Å². The van der Waals surface area contributed by atoms with Crippen LogP contribution in [0.15, 0.2) is 353 Å². The topological polar surface area (TPSA) is 307 Å². The normalized spacial score (nSPS) is 10.9. The Morgan fingerprint density at radius 1 is 0.254 bits per heavy atom. The summed E-state index contributed by atoms with van der Waals surface area (Å²) in [5, 5.41) is 0. The molecule has 0 radical (unpaired) electrons. The molecular weight excluding hydrogens is 1590 g/mol. The minimum Gasteiger partial charge on any atom is -0.487 e. The predicted molar refractivity (Wildman–Crippen MR) is 475 cm³/mol. The average Bonchev–Trinajstić information content (AvgIpc) is 1.64. The fraction of sp³-hybridized carbons (Fsp3) is 0.115. The Hall–Kier alpha value is -17.1. The number of pyridine rings is 5. The van der Waals surface area contributed by atoms with Gasteiger partial charge in [0.2, 0.25) is 0 Å². The summed E-state index contributed by atoms with van der Waals surface area (Å²) in [4.78, 5) is 108. The first-order valence-electron chi connectivity index (χ1n) is 40.0. The number of imidazole rings is 5. The van der Waals surface area contributed by atoms with E-state index in [1.54, 1.807) is 117 Å². The van der Waals surface area contributed by atoms with E-state index in [4.69, 9.17) is 23.7 Å². The highest BCUT2D eigenvalue weighted by Crippen LogP contribution is 2.20. The molecule has 30 nitrogen and oxygen atoms in total. The molecule has 0 saturated carbocycles. The van der Waals surface area contributed by atoms with E-state index in [-0.39, 0.29) is 28.4 Å². The summed E-state index contributed by atoms with van der Waals surface area (Å²) in [7, 11) is 0. The van der Waals surface area contributed by atoms with Crippen LogP contribution in [0.1, 0.15) is 62.1 Å². The molecule has 20 aromatic rings. The maximum atomic E-state index is 12.8. The van der Waals surface area contributed by atoms with E-state index in [1.165, 1.54) is 44.8 Å². The molecule has 0 atom stereocenters. The number of para-hydroxylation sites is 5. The molecular formula is C96H82N20O10. The Morgan fingerprint density at radius 3 is 0.833 bits per heavy atom. The molecule has 126 heavy (non-hydrogen) atoms. The summed E-state index contributed by atoms with van der Waals surface area (Å²) in [5.74, 6) is 6.74. The van der Waals surface area contributed by atoms with Crippen molar-refractivity contribution in [3.8, 4) is 57.8 Å². The van der Waals surface area contributed by atoms with Gasteiger partial charge in [-0.2, -0.15) is 0 Å². The van der Waals surface area contributed by atoms with Gasteiger partial charge in [-0.3, -0.25) is 44.8 Å². The van der Waals surface area contributed by atoms with Gasteiger partial charge < -0.3 is 23.7 Å². The van der Waals surface area contributed by atoms with Gasteiger partial charge in [-0.1, -0.05) is 115 Å². The molecule has 0 aliphatic heterocycles. The first-order chi connectivity index (χ1) is 61.4. The molecule has 0 bridgehead atoms. The van der Waals surface area contributed by atoms with Crippen LogP contribution in [0.3, 0.4) is 0 Å². The molecule has 0 unspecified atom stereocenters. The molecule has 626 valence electrons. The smallest absolute Gasteiger partial charge is 0.339 e. The third-order valence-electron chi connectivity index (χ3n) is 19.6. The maximum Gasteiger partial charge on any atom is 0.339 e. The van der Waals surface area contributed by atoms with Crippen LogP contribution >= 0.6 is 0 Å². The number of nitrogens with zero attached hydrogens (tertiary/aromatic N) is 20. The largest absolute Gasteiger partial charge is 0.487 e.